The number of piperazine rings is 1. The summed E-state index contributed by atoms with van der Waals surface area (Å²) >= 11 is 0. The van der Waals surface area contributed by atoms with Crippen LogP contribution in [0.4, 0.5) is 0 Å². The summed E-state index contributed by atoms with van der Waals surface area (Å²) in [5.41, 5.74) is 7.87. The van der Waals surface area contributed by atoms with Crippen molar-refractivity contribution >= 4 is 5.91 Å². The molecule has 0 saturated carbocycles. The zero-order chi connectivity index (χ0) is 15.1. The number of unbranched alkanes of at least 4 members (excludes halogenated alkanes) is 1. The number of carbonyl (C=O) groups excluding carboxylic acids is 1. The highest BCUT2D eigenvalue weighted by molar-refractivity contribution is 5.79. The van der Waals surface area contributed by atoms with Crippen molar-refractivity contribution in [3.63, 3.8) is 0 Å². The van der Waals surface area contributed by atoms with Gasteiger partial charge in [0.15, 0.2) is 0 Å². The second-order valence-corrected chi connectivity index (χ2v) is 5.82. The van der Waals surface area contributed by atoms with Crippen LogP contribution in [0.3, 0.4) is 0 Å². The zero-order valence-corrected chi connectivity index (χ0v) is 13.1. The quantitative estimate of drug-likeness (QED) is 0.806. The molecule has 21 heavy (non-hydrogen) atoms. The molecular formula is C17H27N3O. The molecule has 1 saturated heterocycles. The SMILES string of the molecule is Cc1ccccc1CC(=O)N1CCN(CCCCN)CC1. The number of benzene rings is 1. The van der Waals surface area contributed by atoms with E-state index in [9.17, 15) is 4.79 Å². The molecule has 0 bridgehead atoms. The van der Waals surface area contributed by atoms with Crippen LogP contribution in [0.15, 0.2) is 24.3 Å². The second kappa shape index (κ2) is 8.15. The lowest BCUT2D eigenvalue weighted by Gasteiger charge is -2.35. The normalized spacial score (nSPS) is 16.2. The predicted octanol–water partition coefficient (Wildman–Crippen LogP) is 1.42. The fraction of sp³-hybridized carbons (Fsp3) is 0.588. The third kappa shape index (κ3) is 4.83. The number of nitrogens with two attached hydrogens (primary N) is 1. The highest BCUT2D eigenvalue weighted by atomic mass is 16.2. The molecule has 116 valence electrons. The molecule has 1 fully saturated rings. The van der Waals surface area contributed by atoms with Gasteiger partial charge in [-0.1, -0.05) is 24.3 Å². The van der Waals surface area contributed by atoms with Crippen molar-refractivity contribution in [3.05, 3.63) is 35.4 Å². The summed E-state index contributed by atoms with van der Waals surface area (Å²) in [6.45, 7) is 7.64. The summed E-state index contributed by atoms with van der Waals surface area (Å²) < 4.78 is 0. The predicted molar refractivity (Wildman–Crippen MR) is 86.2 cm³/mol. The number of aryl methyl sites for hydroxylation is 1. The zero-order valence-electron chi connectivity index (χ0n) is 13.1. The topological polar surface area (TPSA) is 49.6 Å². The van der Waals surface area contributed by atoms with Gasteiger partial charge in [0.25, 0.3) is 0 Å². The highest BCUT2D eigenvalue weighted by Gasteiger charge is 2.20. The maximum absolute atomic E-state index is 12.4. The van der Waals surface area contributed by atoms with E-state index in [-0.39, 0.29) is 5.91 Å². The second-order valence-electron chi connectivity index (χ2n) is 5.82. The number of hydrogen-bond acceptors (Lipinski definition) is 3. The first-order valence-electron chi connectivity index (χ1n) is 7.95. The summed E-state index contributed by atoms with van der Waals surface area (Å²) in [6, 6.07) is 8.14. The van der Waals surface area contributed by atoms with Gasteiger partial charge >= 0.3 is 0 Å². The average Bonchev–Trinajstić information content (AvgIpc) is 2.50. The van der Waals surface area contributed by atoms with Crippen molar-refractivity contribution in [2.24, 2.45) is 5.73 Å². The summed E-state index contributed by atoms with van der Waals surface area (Å²) in [7, 11) is 0. The first kappa shape index (κ1) is 16.0. The first-order valence-corrected chi connectivity index (χ1v) is 7.95. The summed E-state index contributed by atoms with van der Waals surface area (Å²) in [5.74, 6) is 0.255. The van der Waals surface area contributed by atoms with Crippen LogP contribution in [0.2, 0.25) is 0 Å². The van der Waals surface area contributed by atoms with E-state index in [0.717, 1.165) is 57.7 Å². The minimum atomic E-state index is 0.255. The molecule has 2 N–H and O–H groups in total. The van der Waals surface area contributed by atoms with Crippen molar-refractivity contribution < 1.29 is 4.79 Å². The Hall–Kier alpha value is -1.39. The number of rotatable bonds is 6. The molecule has 0 aromatic heterocycles. The molecule has 1 aliphatic rings. The summed E-state index contributed by atoms with van der Waals surface area (Å²) in [6.07, 6.45) is 2.78. The first-order chi connectivity index (χ1) is 10.2. The molecule has 0 spiro atoms. The van der Waals surface area contributed by atoms with Gasteiger partial charge in [0.05, 0.1) is 6.42 Å². The molecule has 0 atom stereocenters. The van der Waals surface area contributed by atoms with E-state index in [1.807, 2.05) is 17.0 Å². The Morgan fingerprint density at radius 1 is 1.14 bits per heavy atom. The van der Waals surface area contributed by atoms with Crippen LogP contribution in [0.5, 0.6) is 0 Å². The molecule has 1 aromatic carbocycles. The smallest absolute Gasteiger partial charge is 0.227 e. The lowest BCUT2D eigenvalue weighted by Crippen LogP contribution is -2.49. The van der Waals surface area contributed by atoms with Crippen LogP contribution in [0, 0.1) is 6.92 Å². The van der Waals surface area contributed by atoms with Crippen LogP contribution in [-0.2, 0) is 11.2 Å². The van der Waals surface area contributed by atoms with Gasteiger partial charge in [0, 0.05) is 26.2 Å². The van der Waals surface area contributed by atoms with Gasteiger partial charge in [-0.05, 0) is 44.0 Å². The van der Waals surface area contributed by atoms with Gasteiger partial charge in [-0.3, -0.25) is 9.69 Å². The van der Waals surface area contributed by atoms with Crippen LogP contribution >= 0.6 is 0 Å². The van der Waals surface area contributed by atoms with E-state index in [0.29, 0.717) is 6.42 Å². The van der Waals surface area contributed by atoms with Crippen molar-refractivity contribution in [1.82, 2.24) is 9.80 Å². The Bertz CT molecular complexity index is 453. The average molecular weight is 289 g/mol. The van der Waals surface area contributed by atoms with Crippen molar-refractivity contribution in [3.8, 4) is 0 Å². The van der Waals surface area contributed by atoms with Crippen LogP contribution < -0.4 is 5.73 Å². The Labute approximate surface area is 127 Å². The molecule has 4 heteroatoms. The molecule has 0 radical (unpaired) electrons. The largest absolute Gasteiger partial charge is 0.340 e. The highest BCUT2D eigenvalue weighted by Crippen LogP contribution is 2.11. The van der Waals surface area contributed by atoms with E-state index in [1.54, 1.807) is 0 Å². The van der Waals surface area contributed by atoms with Crippen molar-refractivity contribution in [2.45, 2.75) is 26.2 Å². The molecular weight excluding hydrogens is 262 g/mol. The van der Waals surface area contributed by atoms with Gasteiger partial charge in [-0.15, -0.1) is 0 Å². The fourth-order valence-electron chi connectivity index (χ4n) is 2.78. The molecule has 0 aliphatic carbocycles. The molecule has 1 amide bonds. The molecule has 4 nitrogen and oxygen atoms in total. The lowest BCUT2D eigenvalue weighted by atomic mass is 10.1. The van der Waals surface area contributed by atoms with Crippen LogP contribution in [-0.4, -0.2) is 55.0 Å². The summed E-state index contributed by atoms with van der Waals surface area (Å²) in [5, 5.41) is 0. The standard InChI is InChI=1S/C17H27N3O/c1-15-6-2-3-7-16(15)14-17(21)20-12-10-19(11-13-20)9-5-4-8-18/h2-3,6-7H,4-5,8-14,18H2,1H3. The molecule has 1 heterocycles. The van der Waals surface area contributed by atoms with Gasteiger partial charge in [0.2, 0.25) is 5.91 Å². The maximum atomic E-state index is 12.4. The van der Waals surface area contributed by atoms with Crippen molar-refractivity contribution in [1.29, 1.82) is 0 Å². The monoisotopic (exact) mass is 289 g/mol. The van der Waals surface area contributed by atoms with Crippen LogP contribution in [0.25, 0.3) is 0 Å². The van der Waals surface area contributed by atoms with Gasteiger partial charge in [-0.2, -0.15) is 0 Å². The van der Waals surface area contributed by atoms with E-state index >= 15 is 0 Å². The minimum absolute atomic E-state index is 0.255. The van der Waals surface area contributed by atoms with Crippen LogP contribution in [0.1, 0.15) is 24.0 Å². The molecule has 1 aromatic rings. The van der Waals surface area contributed by atoms with Gasteiger partial charge in [0.1, 0.15) is 0 Å². The van der Waals surface area contributed by atoms with Gasteiger partial charge in [-0.25, -0.2) is 0 Å². The third-order valence-corrected chi connectivity index (χ3v) is 4.26. The summed E-state index contributed by atoms with van der Waals surface area (Å²) in [4.78, 5) is 16.8. The Kier molecular flexibility index (Phi) is 6.21. The number of carbonyl (C=O) groups is 1. The number of hydrogen-bond donors (Lipinski definition) is 1. The van der Waals surface area contributed by atoms with E-state index in [4.69, 9.17) is 5.73 Å². The lowest BCUT2D eigenvalue weighted by molar-refractivity contribution is -0.132. The Morgan fingerprint density at radius 3 is 2.52 bits per heavy atom. The van der Waals surface area contributed by atoms with E-state index in [2.05, 4.69) is 24.0 Å². The molecule has 2 rings (SSSR count). The molecule has 0 unspecified atom stereocenters. The fourth-order valence-corrected chi connectivity index (χ4v) is 2.78. The molecule has 1 aliphatic heterocycles. The third-order valence-electron chi connectivity index (χ3n) is 4.26. The van der Waals surface area contributed by atoms with Gasteiger partial charge < -0.3 is 10.6 Å². The van der Waals surface area contributed by atoms with E-state index in [1.165, 1.54) is 5.56 Å². The number of nitrogens with zero attached hydrogens (tertiary/aromatic N) is 2. The number of amides is 1. The van der Waals surface area contributed by atoms with E-state index < -0.39 is 0 Å². The Balaban J connectivity index is 1.77. The maximum Gasteiger partial charge on any atom is 0.227 e. The minimum Gasteiger partial charge on any atom is -0.340 e. The Morgan fingerprint density at radius 2 is 1.86 bits per heavy atom. The van der Waals surface area contributed by atoms with Crippen molar-refractivity contribution in [2.75, 3.05) is 39.3 Å².